The number of halogens is 4. The number of alkyl halides is 3. The number of carbonyl (C=O) groups excluding carboxylic acids is 1. The Kier molecular flexibility index (Phi) is 8.78. The van der Waals surface area contributed by atoms with Gasteiger partial charge in [-0.05, 0) is 29.8 Å². The topological polar surface area (TPSA) is 146 Å². The van der Waals surface area contributed by atoms with E-state index in [-0.39, 0.29) is 66.7 Å². The number of aromatic amines is 1. The third kappa shape index (κ3) is 6.65. The second-order valence-electron chi connectivity index (χ2n) is 12.0. The van der Waals surface area contributed by atoms with E-state index >= 15 is 4.39 Å². The highest BCUT2D eigenvalue weighted by Gasteiger charge is 2.35. The van der Waals surface area contributed by atoms with Gasteiger partial charge in [0.1, 0.15) is 17.5 Å². The molecule has 16 heteroatoms. The lowest BCUT2D eigenvalue weighted by molar-refractivity contribution is -0.137. The normalized spacial score (nSPS) is 15.5. The third-order valence-corrected chi connectivity index (χ3v) is 8.80. The molecule has 0 bridgehead atoms. The molecule has 2 fully saturated rings. The number of ether oxygens (including phenoxy) is 1. The number of anilines is 3. The average molecular weight is 690 g/mol. The number of pyridine rings is 1. The first-order valence-electron chi connectivity index (χ1n) is 15.9. The Labute approximate surface area is 282 Å². The van der Waals surface area contributed by atoms with Crippen LogP contribution in [-0.2, 0) is 17.3 Å². The van der Waals surface area contributed by atoms with Crippen molar-refractivity contribution in [1.29, 1.82) is 0 Å². The lowest BCUT2D eigenvalue weighted by Gasteiger charge is -2.36. The smallest absolute Gasteiger partial charge is 0.384 e. The van der Waals surface area contributed by atoms with Gasteiger partial charge in [0.05, 0.1) is 41.1 Å². The van der Waals surface area contributed by atoms with E-state index in [0.717, 1.165) is 12.3 Å². The number of morpholine rings is 1. The Balaban J connectivity index is 1.13. The summed E-state index contributed by atoms with van der Waals surface area (Å²) >= 11 is 0. The van der Waals surface area contributed by atoms with Gasteiger partial charge in [0.15, 0.2) is 0 Å². The summed E-state index contributed by atoms with van der Waals surface area (Å²) in [4.78, 5) is 44.2. The van der Waals surface area contributed by atoms with Crippen LogP contribution in [0.25, 0.3) is 22.0 Å². The number of nitrogens with zero attached hydrogens (tertiary/aromatic N) is 7. The SMILES string of the molecule is Nc1cc(C(F)(F)F)c(-c2cc(N3CCN(C(=O)c4cc(Cc5n[nH]c(=O)c6ccccc56)ccc4F)CC3)nc(N3CCOCC3)n2)cn1. The van der Waals surface area contributed by atoms with E-state index in [2.05, 4.69) is 20.2 Å². The predicted octanol–water partition coefficient (Wildman–Crippen LogP) is 3.91. The molecule has 2 aromatic carbocycles. The Morgan fingerprint density at radius 3 is 2.40 bits per heavy atom. The summed E-state index contributed by atoms with van der Waals surface area (Å²) in [5.74, 6) is -0.819. The number of nitrogen functional groups attached to an aromatic ring is 1. The summed E-state index contributed by atoms with van der Waals surface area (Å²) in [5.41, 5.74) is 5.23. The minimum atomic E-state index is -4.71. The van der Waals surface area contributed by atoms with Crippen LogP contribution in [0.3, 0.4) is 0 Å². The first-order chi connectivity index (χ1) is 24.0. The quantitative estimate of drug-likeness (QED) is 0.252. The van der Waals surface area contributed by atoms with Crippen molar-refractivity contribution in [2.75, 3.05) is 68.0 Å². The van der Waals surface area contributed by atoms with Gasteiger partial charge in [0, 0.05) is 68.9 Å². The van der Waals surface area contributed by atoms with Crippen LogP contribution in [0.5, 0.6) is 0 Å². The van der Waals surface area contributed by atoms with Gasteiger partial charge in [0.2, 0.25) is 5.95 Å². The summed E-state index contributed by atoms with van der Waals surface area (Å²) in [7, 11) is 0. The number of nitrogens with two attached hydrogens (primary N) is 1. The zero-order chi connectivity index (χ0) is 35.0. The number of rotatable bonds is 6. The first kappa shape index (κ1) is 32.9. The van der Waals surface area contributed by atoms with Crippen LogP contribution >= 0.6 is 0 Å². The number of H-pyrrole nitrogens is 1. The van der Waals surface area contributed by atoms with Gasteiger partial charge in [-0.25, -0.2) is 19.5 Å². The van der Waals surface area contributed by atoms with Gasteiger partial charge in [-0.1, -0.05) is 24.3 Å². The van der Waals surface area contributed by atoms with E-state index < -0.39 is 23.5 Å². The van der Waals surface area contributed by atoms with Crippen molar-refractivity contribution in [3.8, 4) is 11.3 Å². The van der Waals surface area contributed by atoms with Gasteiger partial charge in [-0.2, -0.15) is 23.3 Å². The minimum absolute atomic E-state index is 0.0264. The fourth-order valence-electron chi connectivity index (χ4n) is 6.19. The van der Waals surface area contributed by atoms with E-state index in [1.54, 1.807) is 30.3 Å². The van der Waals surface area contributed by atoms with Crippen LogP contribution in [0.2, 0.25) is 0 Å². The highest BCUT2D eigenvalue weighted by atomic mass is 19.4. The van der Waals surface area contributed by atoms with Gasteiger partial charge in [-0.3, -0.25) is 9.59 Å². The second-order valence-corrected chi connectivity index (χ2v) is 12.0. The molecular weight excluding hydrogens is 658 g/mol. The number of nitrogens with one attached hydrogen (secondary N) is 1. The summed E-state index contributed by atoms with van der Waals surface area (Å²) in [6.07, 6.45) is -3.39. The molecule has 258 valence electrons. The number of carbonyl (C=O) groups is 1. The van der Waals surface area contributed by atoms with Crippen molar-refractivity contribution in [3.05, 3.63) is 99.3 Å². The molecule has 1 amide bonds. The first-order valence-corrected chi connectivity index (χ1v) is 15.9. The van der Waals surface area contributed by atoms with Crippen LogP contribution in [0.15, 0.2) is 65.6 Å². The number of fused-ring (bicyclic) bond motifs is 1. The number of benzene rings is 2. The maximum atomic E-state index is 15.1. The molecule has 2 aliphatic rings. The molecule has 5 heterocycles. The van der Waals surface area contributed by atoms with Gasteiger partial charge < -0.3 is 25.2 Å². The second kappa shape index (κ2) is 13.3. The summed E-state index contributed by atoms with van der Waals surface area (Å²) in [5, 5.41) is 7.83. The Morgan fingerprint density at radius 2 is 1.66 bits per heavy atom. The van der Waals surface area contributed by atoms with Crippen LogP contribution in [0.1, 0.15) is 27.2 Å². The van der Waals surface area contributed by atoms with E-state index in [1.165, 1.54) is 23.1 Å². The number of hydrogen-bond donors (Lipinski definition) is 2. The van der Waals surface area contributed by atoms with Crippen molar-refractivity contribution >= 4 is 34.3 Å². The maximum Gasteiger partial charge on any atom is 0.417 e. The highest BCUT2D eigenvalue weighted by molar-refractivity contribution is 5.95. The van der Waals surface area contributed by atoms with Crippen molar-refractivity contribution in [2.45, 2.75) is 12.6 Å². The fourth-order valence-corrected chi connectivity index (χ4v) is 6.19. The van der Waals surface area contributed by atoms with E-state index in [4.69, 9.17) is 15.5 Å². The zero-order valence-corrected chi connectivity index (χ0v) is 26.6. The molecule has 12 nitrogen and oxygen atoms in total. The van der Waals surface area contributed by atoms with Gasteiger partial charge in [0.25, 0.3) is 11.5 Å². The van der Waals surface area contributed by atoms with Crippen LogP contribution in [-0.4, -0.2) is 88.4 Å². The number of aromatic nitrogens is 5. The highest BCUT2D eigenvalue weighted by Crippen LogP contribution is 2.38. The molecule has 0 aliphatic carbocycles. The van der Waals surface area contributed by atoms with Crippen LogP contribution in [0, 0.1) is 5.82 Å². The molecule has 7 rings (SSSR count). The zero-order valence-electron chi connectivity index (χ0n) is 26.6. The predicted molar refractivity (Wildman–Crippen MR) is 177 cm³/mol. The van der Waals surface area contributed by atoms with Crippen molar-refractivity contribution < 1.29 is 27.1 Å². The molecule has 2 aliphatic heterocycles. The molecule has 3 N–H and O–H groups in total. The average Bonchev–Trinajstić information content (AvgIpc) is 3.13. The summed E-state index contributed by atoms with van der Waals surface area (Å²) in [6, 6.07) is 13.6. The molecule has 2 saturated heterocycles. The molecule has 0 unspecified atom stereocenters. The molecule has 0 spiro atoms. The number of piperazine rings is 1. The number of amides is 1. The molecule has 0 saturated carbocycles. The third-order valence-electron chi connectivity index (χ3n) is 8.80. The Bertz CT molecular complexity index is 2130. The lowest BCUT2D eigenvalue weighted by Crippen LogP contribution is -2.49. The van der Waals surface area contributed by atoms with Crippen molar-refractivity contribution in [3.63, 3.8) is 0 Å². The number of hydrogen-bond acceptors (Lipinski definition) is 10. The van der Waals surface area contributed by atoms with E-state index in [0.29, 0.717) is 54.2 Å². The monoisotopic (exact) mass is 689 g/mol. The fraction of sp³-hybridized carbons (Fsp3) is 0.294. The minimum Gasteiger partial charge on any atom is -0.384 e. The molecule has 50 heavy (non-hydrogen) atoms. The Hall–Kier alpha value is -5.64. The van der Waals surface area contributed by atoms with Gasteiger partial charge in [-0.15, -0.1) is 0 Å². The standard InChI is InChI=1S/C34H31F4N9O3/c35-26-6-5-20(16-28-21-3-1-2-4-22(21)31(48)44-43-28)15-23(26)32(49)46-9-7-45(8-10-46)30-18-27(41-33(42-30)47-11-13-50-14-12-47)24-19-40-29(39)17-25(24)34(36,37)38/h1-6,15,17-19H,7-14,16H2,(H2,39,40)(H,44,48). The summed E-state index contributed by atoms with van der Waals surface area (Å²) in [6.45, 7) is 2.72. The Morgan fingerprint density at radius 1 is 0.920 bits per heavy atom. The van der Waals surface area contributed by atoms with E-state index in [1.807, 2.05) is 9.80 Å². The molecule has 5 aromatic rings. The molecule has 0 atom stereocenters. The van der Waals surface area contributed by atoms with Crippen molar-refractivity contribution in [1.82, 2.24) is 30.0 Å². The molecular formula is C34H31F4N9O3. The van der Waals surface area contributed by atoms with Crippen LogP contribution in [0.4, 0.5) is 35.1 Å². The largest absolute Gasteiger partial charge is 0.417 e. The van der Waals surface area contributed by atoms with Crippen LogP contribution < -0.4 is 21.1 Å². The summed E-state index contributed by atoms with van der Waals surface area (Å²) < 4.78 is 62.8. The maximum absolute atomic E-state index is 15.1. The molecule has 3 aromatic heterocycles. The molecule has 0 radical (unpaired) electrons. The van der Waals surface area contributed by atoms with Crippen molar-refractivity contribution in [2.24, 2.45) is 0 Å². The van der Waals surface area contributed by atoms with Gasteiger partial charge >= 0.3 is 6.18 Å². The lowest BCUT2D eigenvalue weighted by atomic mass is 10.0. The van der Waals surface area contributed by atoms with E-state index in [9.17, 15) is 22.8 Å².